The summed E-state index contributed by atoms with van der Waals surface area (Å²) in [4.78, 5) is 12.4. The number of aryl methyl sites for hydroxylation is 1. The molecule has 1 aliphatic heterocycles. The minimum atomic E-state index is -0.114. The molecule has 1 heterocycles. The maximum absolute atomic E-state index is 12.4. The minimum absolute atomic E-state index is 0.0562. The van der Waals surface area contributed by atoms with Crippen LogP contribution in [0.25, 0.3) is 0 Å². The zero-order chi connectivity index (χ0) is 19.8. The summed E-state index contributed by atoms with van der Waals surface area (Å²) in [5, 5.41) is 3.85. The summed E-state index contributed by atoms with van der Waals surface area (Å²) in [6.45, 7) is 4.57. The molecule has 150 valence electrons. The first kappa shape index (κ1) is 20.7. The molecule has 1 saturated heterocycles. The Kier molecular flexibility index (Phi) is 7.35. The highest BCUT2D eigenvalue weighted by atomic mass is 35.5. The Balaban J connectivity index is 1.48. The molecule has 1 amide bonds. The van der Waals surface area contributed by atoms with Crippen LogP contribution in [0.15, 0.2) is 48.5 Å². The monoisotopic (exact) mass is 401 g/mol. The van der Waals surface area contributed by atoms with Crippen molar-refractivity contribution in [3.05, 3.63) is 64.7 Å². The zero-order valence-electron chi connectivity index (χ0n) is 16.4. The van der Waals surface area contributed by atoms with Crippen molar-refractivity contribution in [2.45, 2.75) is 38.0 Å². The fourth-order valence-corrected chi connectivity index (χ4v) is 3.82. The van der Waals surface area contributed by atoms with Crippen LogP contribution >= 0.6 is 11.6 Å². The summed E-state index contributed by atoms with van der Waals surface area (Å²) in [7, 11) is 0. The molecule has 1 N–H and O–H groups in total. The van der Waals surface area contributed by atoms with Crippen molar-refractivity contribution in [2.24, 2.45) is 0 Å². The highest BCUT2D eigenvalue weighted by molar-refractivity contribution is 6.30. The standard InChI is InChI=1S/C23H28ClNO3/c1-18-5-2-8-21(15-18)28-12-4-9-22(26)25-17-23(10-13-27-14-11-23)19-6-3-7-20(24)16-19/h2-3,5-8,15-16H,4,9-14,17H2,1H3,(H,25,26). The molecule has 1 fully saturated rings. The average molecular weight is 402 g/mol. The van der Waals surface area contributed by atoms with E-state index in [-0.39, 0.29) is 11.3 Å². The Morgan fingerprint density at radius 2 is 1.96 bits per heavy atom. The molecule has 2 aromatic carbocycles. The van der Waals surface area contributed by atoms with E-state index in [1.54, 1.807) is 0 Å². The number of benzene rings is 2. The van der Waals surface area contributed by atoms with Gasteiger partial charge in [0.1, 0.15) is 5.75 Å². The highest BCUT2D eigenvalue weighted by Crippen LogP contribution is 2.35. The van der Waals surface area contributed by atoms with Gasteiger partial charge in [-0.1, -0.05) is 35.9 Å². The second kappa shape index (κ2) is 9.94. The second-order valence-electron chi connectivity index (χ2n) is 7.45. The van der Waals surface area contributed by atoms with Crippen molar-refractivity contribution in [2.75, 3.05) is 26.4 Å². The predicted molar refractivity (Wildman–Crippen MR) is 112 cm³/mol. The largest absolute Gasteiger partial charge is 0.494 e. The van der Waals surface area contributed by atoms with Gasteiger partial charge in [0, 0.05) is 36.6 Å². The third-order valence-corrected chi connectivity index (χ3v) is 5.55. The van der Waals surface area contributed by atoms with Gasteiger partial charge in [-0.15, -0.1) is 0 Å². The summed E-state index contributed by atoms with van der Waals surface area (Å²) >= 11 is 6.20. The first-order chi connectivity index (χ1) is 13.6. The molecule has 0 spiro atoms. The van der Waals surface area contributed by atoms with E-state index in [1.807, 2.05) is 49.4 Å². The third-order valence-electron chi connectivity index (χ3n) is 5.32. The van der Waals surface area contributed by atoms with Crippen molar-refractivity contribution in [1.29, 1.82) is 0 Å². The highest BCUT2D eigenvalue weighted by Gasteiger charge is 2.34. The molecular formula is C23H28ClNO3. The topological polar surface area (TPSA) is 47.6 Å². The van der Waals surface area contributed by atoms with Gasteiger partial charge < -0.3 is 14.8 Å². The molecule has 3 rings (SSSR count). The fourth-order valence-electron chi connectivity index (χ4n) is 3.63. The van der Waals surface area contributed by atoms with Gasteiger partial charge in [-0.05, 0) is 61.6 Å². The van der Waals surface area contributed by atoms with Gasteiger partial charge >= 0.3 is 0 Å². The molecule has 0 saturated carbocycles. The van der Waals surface area contributed by atoms with E-state index in [0.29, 0.717) is 39.2 Å². The van der Waals surface area contributed by atoms with Crippen molar-refractivity contribution < 1.29 is 14.3 Å². The lowest BCUT2D eigenvalue weighted by molar-refractivity contribution is -0.121. The normalized spacial score (nSPS) is 15.8. The summed E-state index contributed by atoms with van der Waals surface area (Å²) < 4.78 is 11.3. The van der Waals surface area contributed by atoms with Crippen LogP contribution < -0.4 is 10.1 Å². The minimum Gasteiger partial charge on any atom is -0.494 e. The fraction of sp³-hybridized carbons (Fsp3) is 0.435. The molecule has 5 heteroatoms. The number of carbonyl (C=O) groups is 1. The van der Waals surface area contributed by atoms with Crippen LogP contribution in [-0.2, 0) is 14.9 Å². The van der Waals surface area contributed by atoms with Crippen molar-refractivity contribution in [3.63, 3.8) is 0 Å². The van der Waals surface area contributed by atoms with E-state index < -0.39 is 0 Å². The Morgan fingerprint density at radius 3 is 2.71 bits per heavy atom. The maximum atomic E-state index is 12.4. The van der Waals surface area contributed by atoms with Crippen molar-refractivity contribution in [1.82, 2.24) is 5.32 Å². The number of nitrogens with one attached hydrogen (secondary N) is 1. The van der Waals surface area contributed by atoms with Crippen molar-refractivity contribution in [3.8, 4) is 5.75 Å². The molecule has 0 aliphatic carbocycles. The van der Waals surface area contributed by atoms with Gasteiger partial charge in [0.25, 0.3) is 0 Å². The molecule has 4 nitrogen and oxygen atoms in total. The molecule has 0 bridgehead atoms. The van der Waals surface area contributed by atoms with Gasteiger partial charge in [0.05, 0.1) is 6.61 Å². The van der Waals surface area contributed by atoms with Gasteiger partial charge in [-0.3, -0.25) is 4.79 Å². The van der Waals surface area contributed by atoms with E-state index in [1.165, 1.54) is 5.56 Å². The van der Waals surface area contributed by atoms with E-state index in [9.17, 15) is 4.79 Å². The smallest absolute Gasteiger partial charge is 0.220 e. The first-order valence-electron chi connectivity index (χ1n) is 9.87. The Bertz CT molecular complexity index is 787. The molecule has 0 radical (unpaired) electrons. The van der Waals surface area contributed by atoms with Gasteiger partial charge in [-0.2, -0.15) is 0 Å². The first-order valence-corrected chi connectivity index (χ1v) is 10.3. The Hall–Kier alpha value is -2.04. The van der Waals surface area contributed by atoms with E-state index in [0.717, 1.165) is 29.2 Å². The molecule has 0 unspecified atom stereocenters. The number of carbonyl (C=O) groups excluding carboxylic acids is 1. The predicted octanol–water partition coefficient (Wildman–Crippen LogP) is 4.67. The van der Waals surface area contributed by atoms with Crippen LogP contribution in [0.3, 0.4) is 0 Å². The number of halogens is 1. The van der Waals surface area contributed by atoms with Crippen LogP contribution in [-0.4, -0.2) is 32.3 Å². The molecule has 1 aliphatic rings. The van der Waals surface area contributed by atoms with Crippen molar-refractivity contribution >= 4 is 17.5 Å². The Labute approximate surface area is 172 Å². The quantitative estimate of drug-likeness (QED) is 0.654. The van der Waals surface area contributed by atoms with E-state index in [2.05, 4.69) is 11.4 Å². The maximum Gasteiger partial charge on any atom is 0.220 e. The summed E-state index contributed by atoms with van der Waals surface area (Å²) in [5.41, 5.74) is 2.22. The summed E-state index contributed by atoms with van der Waals surface area (Å²) in [5.74, 6) is 0.906. The van der Waals surface area contributed by atoms with Crippen LogP contribution in [0.2, 0.25) is 5.02 Å². The van der Waals surface area contributed by atoms with E-state index in [4.69, 9.17) is 21.1 Å². The zero-order valence-corrected chi connectivity index (χ0v) is 17.1. The second-order valence-corrected chi connectivity index (χ2v) is 7.88. The van der Waals surface area contributed by atoms with Gasteiger partial charge in [-0.25, -0.2) is 0 Å². The molecule has 28 heavy (non-hydrogen) atoms. The number of ether oxygens (including phenoxy) is 2. The Morgan fingerprint density at radius 1 is 1.18 bits per heavy atom. The van der Waals surface area contributed by atoms with Crippen LogP contribution in [0.5, 0.6) is 5.75 Å². The molecule has 0 atom stereocenters. The number of hydrogen-bond donors (Lipinski definition) is 1. The SMILES string of the molecule is Cc1cccc(OCCCC(=O)NCC2(c3cccc(Cl)c3)CCOCC2)c1. The summed E-state index contributed by atoms with van der Waals surface area (Å²) in [6.07, 6.45) is 2.90. The lowest BCUT2D eigenvalue weighted by atomic mass is 9.74. The number of hydrogen-bond acceptors (Lipinski definition) is 3. The van der Waals surface area contributed by atoms with Crippen LogP contribution in [0.4, 0.5) is 0 Å². The van der Waals surface area contributed by atoms with E-state index >= 15 is 0 Å². The number of rotatable bonds is 8. The molecule has 0 aromatic heterocycles. The lowest BCUT2D eigenvalue weighted by Crippen LogP contribution is -2.44. The van der Waals surface area contributed by atoms with Crippen LogP contribution in [0.1, 0.15) is 36.8 Å². The number of amides is 1. The third kappa shape index (κ3) is 5.73. The molecule has 2 aromatic rings. The molecular weight excluding hydrogens is 374 g/mol. The van der Waals surface area contributed by atoms with Gasteiger partial charge in [0.15, 0.2) is 0 Å². The van der Waals surface area contributed by atoms with Crippen LogP contribution in [0, 0.1) is 6.92 Å². The average Bonchev–Trinajstić information content (AvgIpc) is 2.70. The lowest BCUT2D eigenvalue weighted by Gasteiger charge is -2.38. The summed E-state index contributed by atoms with van der Waals surface area (Å²) in [6, 6.07) is 15.9. The van der Waals surface area contributed by atoms with Gasteiger partial charge in [0.2, 0.25) is 5.91 Å².